The van der Waals surface area contributed by atoms with Crippen molar-refractivity contribution in [3.05, 3.63) is 50.6 Å². The van der Waals surface area contributed by atoms with Gasteiger partial charge in [-0.05, 0) is 46.9 Å². The average molecular weight is 337 g/mol. The molecule has 0 unspecified atom stereocenters. The van der Waals surface area contributed by atoms with Gasteiger partial charge in [0.2, 0.25) is 0 Å². The first kappa shape index (κ1) is 10.9. The number of benzene rings is 1. The third-order valence-electron chi connectivity index (χ3n) is 1.95. The minimum Gasteiger partial charge on any atom is -0.267 e. The number of hydrogen-bond acceptors (Lipinski definition) is 1. The summed E-state index contributed by atoms with van der Waals surface area (Å²) < 4.78 is 15.9. The van der Waals surface area contributed by atoms with Crippen molar-refractivity contribution in [2.45, 2.75) is 6.54 Å². The molecule has 1 aromatic heterocycles. The molecule has 0 amide bonds. The van der Waals surface area contributed by atoms with Crippen LogP contribution in [0.1, 0.15) is 5.56 Å². The van der Waals surface area contributed by atoms with Gasteiger partial charge in [-0.3, -0.25) is 4.68 Å². The molecule has 78 valence electrons. The third-order valence-corrected chi connectivity index (χ3v) is 2.76. The molecule has 1 aromatic carbocycles. The van der Waals surface area contributed by atoms with Crippen molar-refractivity contribution >= 4 is 34.2 Å². The van der Waals surface area contributed by atoms with Crippen LogP contribution < -0.4 is 0 Å². The van der Waals surface area contributed by atoms with Crippen molar-refractivity contribution in [1.82, 2.24) is 9.78 Å². The second-order valence-electron chi connectivity index (χ2n) is 3.07. The highest BCUT2D eigenvalue weighted by Crippen LogP contribution is 2.16. The van der Waals surface area contributed by atoms with Gasteiger partial charge in [0.15, 0.2) is 0 Å². The molecule has 0 aliphatic heterocycles. The largest absolute Gasteiger partial charge is 0.267 e. The van der Waals surface area contributed by atoms with Crippen LogP contribution in [0.15, 0.2) is 30.5 Å². The molecule has 0 N–H and O–H groups in total. The summed E-state index contributed by atoms with van der Waals surface area (Å²) in [6.45, 7) is 0.398. The lowest BCUT2D eigenvalue weighted by Crippen LogP contribution is -2.02. The minimum atomic E-state index is -0.259. The zero-order valence-corrected chi connectivity index (χ0v) is 10.5. The molecule has 0 atom stereocenters. The number of rotatable bonds is 2. The Morgan fingerprint density at radius 3 is 2.87 bits per heavy atom. The maximum atomic E-state index is 13.4. The molecule has 2 nitrogen and oxygen atoms in total. The van der Waals surface area contributed by atoms with Crippen molar-refractivity contribution in [2.24, 2.45) is 0 Å². The van der Waals surface area contributed by atoms with Crippen LogP contribution in [0.4, 0.5) is 4.39 Å². The van der Waals surface area contributed by atoms with E-state index in [9.17, 15) is 4.39 Å². The molecule has 0 aliphatic rings. The summed E-state index contributed by atoms with van der Waals surface area (Å²) in [7, 11) is 0. The van der Waals surface area contributed by atoms with Crippen molar-refractivity contribution in [3.63, 3.8) is 0 Å². The van der Waals surface area contributed by atoms with E-state index in [1.54, 1.807) is 10.7 Å². The zero-order chi connectivity index (χ0) is 10.8. The highest BCUT2D eigenvalue weighted by atomic mass is 127. The van der Waals surface area contributed by atoms with Crippen molar-refractivity contribution < 1.29 is 4.39 Å². The predicted molar refractivity (Wildman–Crippen MR) is 65.5 cm³/mol. The highest BCUT2D eigenvalue weighted by molar-refractivity contribution is 14.1. The Bertz CT molecular complexity index is 484. The molecule has 0 bridgehead atoms. The number of halogens is 3. The van der Waals surface area contributed by atoms with E-state index in [0.29, 0.717) is 17.1 Å². The fourth-order valence-corrected chi connectivity index (χ4v) is 1.90. The maximum Gasteiger partial charge on any atom is 0.128 e. The molecular formula is C10H7ClFIN2. The van der Waals surface area contributed by atoms with Gasteiger partial charge in [0.05, 0.1) is 6.54 Å². The summed E-state index contributed by atoms with van der Waals surface area (Å²) in [6, 6.07) is 6.38. The van der Waals surface area contributed by atoms with Crippen LogP contribution in [0.3, 0.4) is 0 Å². The molecule has 0 saturated carbocycles. The summed E-state index contributed by atoms with van der Waals surface area (Å²) in [6.07, 6.45) is 1.81. The molecule has 15 heavy (non-hydrogen) atoms. The Morgan fingerprint density at radius 1 is 1.40 bits per heavy atom. The third kappa shape index (κ3) is 2.69. The second kappa shape index (κ2) is 4.49. The van der Waals surface area contributed by atoms with E-state index >= 15 is 0 Å². The van der Waals surface area contributed by atoms with Gasteiger partial charge < -0.3 is 0 Å². The van der Waals surface area contributed by atoms with Gasteiger partial charge >= 0.3 is 0 Å². The highest BCUT2D eigenvalue weighted by Gasteiger charge is 2.04. The van der Waals surface area contributed by atoms with Gasteiger partial charge in [0.25, 0.3) is 0 Å². The first-order chi connectivity index (χ1) is 7.15. The summed E-state index contributed by atoms with van der Waals surface area (Å²) in [5.74, 6) is -0.259. The lowest BCUT2D eigenvalue weighted by Gasteiger charge is -2.03. The maximum absolute atomic E-state index is 13.4. The Morgan fingerprint density at radius 2 is 2.20 bits per heavy atom. The Labute approximate surface area is 105 Å². The fourth-order valence-electron chi connectivity index (χ4n) is 1.26. The van der Waals surface area contributed by atoms with Gasteiger partial charge in [0.1, 0.15) is 9.52 Å². The van der Waals surface area contributed by atoms with Crippen LogP contribution >= 0.6 is 34.2 Å². The monoisotopic (exact) mass is 336 g/mol. The first-order valence-electron chi connectivity index (χ1n) is 4.28. The second-order valence-corrected chi connectivity index (χ2v) is 4.61. The smallest absolute Gasteiger partial charge is 0.128 e. The number of nitrogens with zero attached hydrogens (tertiary/aromatic N) is 2. The molecule has 0 saturated heterocycles. The standard InChI is InChI=1S/C10H7ClFIN2/c11-8-1-2-9(12)7(5-8)6-15-4-3-10(13)14-15/h1-5H,6H2. The van der Waals surface area contributed by atoms with Crippen LogP contribution in [0.2, 0.25) is 5.02 Å². The quantitative estimate of drug-likeness (QED) is 0.769. The molecule has 0 radical (unpaired) electrons. The van der Waals surface area contributed by atoms with Crippen molar-refractivity contribution in [1.29, 1.82) is 0 Å². The van der Waals surface area contributed by atoms with Crippen LogP contribution in [-0.4, -0.2) is 9.78 Å². The summed E-state index contributed by atoms with van der Waals surface area (Å²) in [4.78, 5) is 0. The van der Waals surface area contributed by atoms with Crippen molar-refractivity contribution in [3.8, 4) is 0 Å². The molecule has 0 spiro atoms. The van der Waals surface area contributed by atoms with Crippen LogP contribution in [0, 0.1) is 9.52 Å². The van der Waals surface area contributed by atoms with E-state index in [4.69, 9.17) is 11.6 Å². The summed E-state index contributed by atoms with van der Waals surface area (Å²) in [5.41, 5.74) is 0.544. The lowest BCUT2D eigenvalue weighted by molar-refractivity contribution is 0.584. The van der Waals surface area contributed by atoms with E-state index < -0.39 is 0 Å². The van der Waals surface area contributed by atoms with Gasteiger partial charge in [-0.1, -0.05) is 11.6 Å². The molecule has 5 heteroatoms. The van der Waals surface area contributed by atoms with E-state index in [2.05, 4.69) is 27.7 Å². The van der Waals surface area contributed by atoms with Gasteiger partial charge in [-0.15, -0.1) is 0 Å². The minimum absolute atomic E-state index is 0.259. The lowest BCUT2D eigenvalue weighted by atomic mass is 10.2. The number of hydrogen-bond donors (Lipinski definition) is 0. The summed E-state index contributed by atoms with van der Waals surface area (Å²) in [5, 5.41) is 4.71. The first-order valence-corrected chi connectivity index (χ1v) is 5.74. The van der Waals surface area contributed by atoms with Crippen LogP contribution in [0.25, 0.3) is 0 Å². The SMILES string of the molecule is Fc1ccc(Cl)cc1Cn1ccc(I)n1. The average Bonchev–Trinajstić information content (AvgIpc) is 2.58. The van der Waals surface area contributed by atoms with Gasteiger partial charge in [-0.25, -0.2) is 4.39 Å². The van der Waals surface area contributed by atoms with E-state index in [0.717, 1.165) is 3.70 Å². The van der Waals surface area contributed by atoms with Crippen molar-refractivity contribution in [2.75, 3.05) is 0 Å². The van der Waals surface area contributed by atoms with E-state index in [-0.39, 0.29) is 5.82 Å². The summed E-state index contributed by atoms with van der Waals surface area (Å²) >= 11 is 7.90. The Hall–Kier alpha value is -0.620. The molecular weight excluding hydrogens is 329 g/mol. The molecule has 0 fully saturated rings. The molecule has 2 aromatic rings. The zero-order valence-electron chi connectivity index (χ0n) is 7.62. The Kier molecular flexibility index (Phi) is 3.25. The van der Waals surface area contributed by atoms with Crippen LogP contribution in [-0.2, 0) is 6.54 Å². The normalized spacial score (nSPS) is 10.6. The predicted octanol–water partition coefficient (Wildman–Crippen LogP) is 3.33. The topological polar surface area (TPSA) is 17.8 Å². The van der Waals surface area contributed by atoms with Crippen LogP contribution in [0.5, 0.6) is 0 Å². The fraction of sp³-hybridized carbons (Fsp3) is 0.100. The molecule has 2 rings (SSSR count). The molecule has 0 aliphatic carbocycles. The Balaban J connectivity index is 2.27. The van der Waals surface area contributed by atoms with Gasteiger partial charge in [-0.2, -0.15) is 5.10 Å². The number of aromatic nitrogens is 2. The van der Waals surface area contributed by atoms with Gasteiger partial charge in [0, 0.05) is 16.8 Å². The van der Waals surface area contributed by atoms with E-state index in [1.807, 2.05) is 12.3 Å². The molecule has 1 heterocycles. The van der Waals surface area contributed by atoms with E-state index in [1.165, 1.54) is 12.1 Å².